The Balaban J connectivity index is 1.77. The predicted molar refractivity (Wildman–Crippen MR) is 145 cm³/mol. The van der Waals surface area contributed by atoms with Crippen LogP contribution in [-0.2, 0) is 21.3 Å². The van der Waals surface area contributed by atoms with E-state index in [4.69, 9.17) is 14.6 Å². The number of ether oxygens (including phenoxy) is 2. The number of hydrogen-bond acceptors (Lipinski definition) is 7. The summed E-state index contributed by atoms with van der Waals surface area (Å²) in [5.74, 6) is 1.02. The summed E-state index contributed by atoms with van der Waals surface area (Å²) in [4.78, 5) is 4.65. The van der Waals surface area contributed by atoms with Crippen molar-refractivity contribution in [1.29, 1.82) is 0 Å². The quantitative estimate of drug-likeness (QED) is 0.342. The molecule has 0 saturated carbocycles. The molecule has 0 N–H and O–H groups in total. The molecule has 1 fully saturated rings. The van der Waals surface area contributed by atoms with E-state index in [9.17, 15) is 12.8 Å². The third-order valence-corrected chi connectivity index (χ3v) is 8.66. The van der Waals surface area contributed by atoms with E-state index < -0.39 is 10.0 Å². The second-order valence-electron chi connectivity index (χ2n) is 9.43. The summed E-state index contributed by atoms with van der Waals surface area (Å²) in [6.07, 6.45) is 0.535. The van der Waals surface area contributed by atoms with Crippen LogP contribution in [0.25, 0.3) is 5.69 Å². The van der Waals surface area contributed by atoms with E-state index in [1.54, 1.807) is 49.2 Å². The molecular formula is C27H36FN5O4S. The minimum atomic E-state index is -3.84. The molecule has 1 aliphatic heterocycles. The van der Waals surface area contributed by atoms with Crippen LogP contribution in [0.3, 0.4) is 0 Å². The molecule has 2 aromatic carbocycles. The van der Waals surface area contributed by atoms with Crippen LogP contribution in [0.4, 0.5) is 10.2 Å². The molecule has 0 unspecified atom stereocenters. The standard InChI is InChI=1S/C27H36FN5O4S/c1-21-26(20-32(13-6-18-36-3)38(34,35)25-11-9-24(37-4)10-12-25)27(31-16-14-30(2)15-17-31)33(29-21)23-8-5-7-22(28)19-23/h5,7-12,19H,6,13-18,20H2,1-4H3. The summed E-state index contributed by atoms with van der Waals surface area (Å²) >= 11 is 0. The second-order valence-corrected chi connectivity index (χ2v) is 11.4. The van der Waals surface area contributed by atoms with Crippen molar-refractivity contribution in [2.45, 2.75) is 24.8 Å². The molecule has 11 heteroatoms. The zero-order valence-electron chi connectivity index (χ0n) is 22.4. The fourth-order valence-electron chi connectivity index (χ4n) is 4.61. The molecule has 0 radical (unpaired) electrons. The van der Waals surface area contributed by atoms with Gasteiger partial charge < -0.3 is 19.3 Å². The molecule has 38 heavy (non-hydrogen) atoms. The average Bonchev–Trinajstić information content (AvgIpc) is 3.24. The number of anilines is 1. The monoisotopic (exact) mass is 545 g/mol. The molecule has 3 aromatic rings. The third-order valence-electron chi connectivity index (χ3n) is 6.80. The normalized spacial score (nSPS) is 14.8. The van der Waals surface area contributed by atoms with Crippen LogP contribution in [0, 0.1) is 12.7 Å². The largest absolute Gasteiger partial charge is 0.497 e. The Kier molecular flexibility index (Phi) is 9.03. The molecule has 1 aromatic heterocycles. The molecule has 1 saturated heterocycles. The minimum Gasteiger partial charge on any atom is -0.497 e. The number of halogens is 1. The van der Waals surface area contributed by atoms with Gasteiger partial charge in [0, 0.05) is 58.5 Å². The number of rotatable bonds is 11. The Bertz CT molecular complexity index is 1320. The van der Waals surface area contributed by atoms with Crippen molar-refractivity contribution in [3.05, 3.63) is 65.6 Å². The molecule has 0 aliphatic carbocycles. The van der Waals surface area contributed by atoms with E-state index in [1.807, 2.05) is 13.0 Å². The minimum absolute atomic E-state index is 0.126. The summed E-state index contributed by atoms with van der Waals surface area (Å²) in [7, 11) is 1.37. The lowest BCUT2D eigenvalue weighted by molar-refractivity contribution is 0.186. The van der Waals surface area contributed by atoms with Gasteiger partial charge in [-0.25, -0.2) is 17.5 Å². The summed E-state index contributed by atoms with van der Waals surface area (Å²) in [5.41, 5.74) is 2.09. The van der Waals surface area contributed by atoms with Crippen LogP contribution >= 0.6 is 0 Å². The predicted octanol–water partition coefficient (Wildman–Crippen LogP) is 3.31. The summed E-state index contributed by atoms with van der Waals surface area (Å²) in [6, 6.07) is 12.7. The van der Waals surface area contributed by atoms with Crippen LogP contribution in [0.1, 0.15) is 17.7 Å². The van der Waals surface area contributed by atoms with E-state index in [0.717, 1.165) is 37.6 Å². The Morgan fingerprint density at radius 1 is 1.05 bits per heavy atom. The summed E-state index contributed by atoms with van der Waals surface area (Å²) in [6.45, 7) is 5.91. The van der Waals surface area contributed by atoms with Gasteiger partial charge in [0.2, 0.25) is 10.0 Å². The SMILES string of the molecule is COCCCN(Cc1c(C)nn(-c2cccc(F)c2)c1N1CCN(C)CC1)S(=O)(=O)c1ccc(OC)cc1. The second kappa shape index (κ2) is 12.2. The maximum Gasteiger partial charge on any atom is 0.243 e. The topological polar surface area (TPSA) is 80.1 Å². The molecule has 0 atom stereocenters. The molecule has 1 aliphatic rings. The molecule has 0 bridgehead atoms. The van der Waals surface area contributed by atoms with Crippen molar-refractivity contribution in [2.24, 2.45) is 0 Å². The maximum atomic E-state index is 14.2. The van der Waals surface area contributed by atoms with Crippen molar-refractivity contribution in [3.8, 4) is 11.4 Å². The van der Waals surface area contributed by atoms with Crippen LogP contribution in [0.2, 0.25) is 0 Å². The molecule has 206 valence electrons. The van der Waals surface area contributed by atoms with E-state index in [-0.39, 0.29) is 23.8 Å². The lowest BCUT2D eigenvalue weighted by Crippen LogP contribution is -2.45. The zero-order chi connectivity index (χ0) is 27.3. The Morgan fingerprint density at radius 2 is 1.76 bits per heavy atom. The highest BCUT2D eigenvalue weighted by atomic mass is 32.2. The van der Waals surface area contributed by atoms with E-state index in [0.29, 0.717) is 30.2 Å². The number of methoxy groups -OCH3 is 2. The van der Waals surface area contributed by atoms with Crippen LogP contribution in [-0.4, -0.2) is 88.0 Å². The number of nitrogens with zero attached hydrogens (tertiary/aromatic N) is 5. The number of aromatic nitrogens is 2. The van der Waals surface area contributed by atoms with Gasteiger partial charge in [-0.3, -0.25) is 0 Å². The van der Waals surface area contributed by atoms with Gasteiger partial charge in [-0.05, 0) is 62.9 Å². The first-order valence-electron chi connectivity index (χ1n) is 12.7. The first kappa shape index (κ1) is 28.0. The average molecular weight is 546 g/mol. The van der Waals surface area contributed by atoms with Gasteiger partial charge >= 0.3 is 0 Å². The Morgan fingerprint density at radius 3 is 2.39 bits per heavy atom. The lowest BCUT2D eigenvalue weighted by atomic mass is 10.2. The number of hydrogen-bond donors (Lipinski definition) is 0. The first-order chi connectivity index (χ1) is 18.2. The number of piperazine rings is 1. The summed E-state index contributed by atoms with van der Waals surface area (Å²) < 4.78 is 55.5. The maximum absolute atomic E-state index is 14.2. The van der Waals surface area contributed by atoms with E-state index in [1.165, 1.54) is 16.4 Å². The van der Waals surface area contributed by atoms with Crippen LogP contribution in [0.5, 0.6) is 5.75 Å². The van der Waals surface area contributed by atoms with Gasteiger partial charge in [0.05, 0.1) is 23.4 Å². The van der Waals surface area contributed by atoms with E-state index in [2.05, 4.69) is 16.8 Å². The Labute approximate surface area is 224 Å². The van der Waals surface area contributed by atoms with Gasteiger partial charge in [0.25, 0.3) is 0 Å². The van der Waals surface area contributed by atoms with Gasteiger partial charge in [0.15, 0.2) is 0 Å². The highest BCUT2D eigenvalue weighted by molar-refractivity contribution is 7.89. The molecular weight excluding hydrogens is 509 g/mol. The van der Waals surface area contributed by atoms with Crippen molar-refractivity contribution < 1.29 is 22.3 Å². The number of likely N-dealkylation sites (N-methyl/N-ethyl adjacent to an activating group) is 1. The summed E-state index contributed by atoms with van der Waals surface area (Å²) in [5, 5.41) is 4.78. The molecule has 0 spiro atoms. The Hall–Kier alpha value is -2.99. The van der Waals surface area contributed by atoms with Crippen LogP contribution < -0.4 is 9.64 Å². The number of sulfonamides is 1. The van der Waals surface area contributed by atoms with Crippen molar-refractivity contribution in [1.82, 2.24) is 19.0 Å². The number of aryl methyl sites for hydroxylation is 1. The first-order valence-corrected chi connectivity index (χ1v) is 14.1. The van der Waals surface area contributed by atoms with Crippen molar-refractivity contribution >= 4 is 15.8 Å². The highest BCUT2D eigenvalue weighted by Gasteiger charge is 2.30. The fraction of sp³-hybridized carbons (Fsp3) is 0.444. The van der Waals surface area contributed by atoms with Crippen molar-refractivity contribution in [3.63, 3.8) is 0 Å². The van der Waals surface area contributed by atoms with Gasteiger partial charge in [0.1, 0.15) is 17.4 Å². The molecule has 2 heterocycles. The van der Waals surface area contributed by atoms with E-state index >= 15 is 0 Å². The van der Waals surface area contributed by atoms with Gasteiger partial charge in [-0.15, -0.1) is 0 Å². The lowest BCUT2D eigenvalue weighted by Gasteiger charge is -2.35. The van der Waals surface area contributed by atoms with Crippen LogP contribution in [0.15, 0.2) is 53.4 Å². The molecule has 4 rings (SSSR count). The number of benzene rings is 2. The van der Waals surface area contributed by atoms with Gasteiger partial charge in [-0.2, -0.15) is 9.40 Å². The van der Waals surface area contributed by atoms with Gasteiger partial charge in [-0.1, -0.05) is 6.07 Å². The smallest absolute Gasteiger partial charge is 0.243 e. The zero-order valence-corrected chi connectivity index (χ0v) is 23.2. The highest BCUT2D eigenvalue weighted by Crippen LogP contribution is 2.31. The molecule has 0 amide bonds. The van der Waals surface area contributed by atoms with Crippen molar-refractivity contribution in [2.75, 3.05) is 65.5 Å². The fourth-order valence-corrected chi connectivity index (χ4v) is 6.05. The third kappa shape index (κ3) is 6.17. The molecule has 9 nitrogen and oxygen atoms in total.